The van der Waals surface area contributed by atoms with E-state index in [-0.39, 0.29) is 0 Å². The second kappa shape index (κ2) is 6.59. The number of hydrogen-bond acceptors (Lipinski definition) is 4. The molecule has 3 aromatic rings. The lowest BCUT2D eigenvalue weighted by Crippen LogP contribution is -2.16. The van der Waals surface area contributed by atoms with Crippen LogP contribution in [0.2, 0.25) is 0 Å². The Morgan fingerprint density at radius 3 is 2.65 bits per heavy atom. The van der Waals surface area contributed by atoms with Crippen LogP contribution in [0.25, 0.3) is 11.1 Å². The van der Waals surface area contributed by atoms with Gasteiger partial charge in [0.1, 0.15) is 5.52 Å². The van der Waals surface area contributed by atoms with Crippen molar-refractivity contribution in [2.24, 2.45) is 0 Å². The van der Waals surface area contributed by atoms with Crippen LogP contribution in [0.1, 0.15) is 5.56 Å². The number of nitrogens with one attached hydrogen (secondary N) is 1. The highest BCUT2D eigenvalue weighted by Gasteiger charge is 2.04. The first-order chi connectivity index (χ1) is 9.92. The number of aromatic nitrogens is 1. The summed E-state index contributed by atoms with van der Waals surface area (Å²) < 4.78 is 5.66. The minimum atomic E-state index is 0.743. The smallest absolute Gasteiger partial charge is 0.256 e. The van der Waals surface area contributed by atoms with E-state index >= 15 is 0 Å². The predicted molar refractivity (Wildman–Crippen MR) is 82.9 cm³/mol. The minimum absolute atomic E-state index is 0.743. The maximum absolute atomic E-state index is 5.66. The molecule has 1 aromatic heterocycles. The molecule has 2 aromatic carbocycles. The second-order valence-electron chi connectivity index (χ2n) is 4.46. The molecule has 3 rings (SSSR count). The standard InChI is InChI=1S/C16H16N2OS/c1-2-6-13(7-3-1)12-17-10-11-20-16-18-14-8-4-5-9-15(14)19-16/h1-9,17H,10-12H2. The van der Waals surface area contributed by atoms with E-state index < -0.39 is 0 Å². The molecule has 0 aliphatic carbocycles. The SMILES string of the molecule is c1ccc(CNCCSc2nc3ccccc3o2)cc1. The van der Waals surface area contributed by atoms with Crippen LogP contribution in [0.3, 0.4) is 0 Å². The Balaban J connectivity index is 1.43. The van der Waals surface area contributed by atoms with Crippen LogP contribution >= 0.6 is 11.8 Å². The molecule has 0 atom stereocenters. The fourth-order valence-electron chi connectivity index (χ4n) is 1.95. The number of benzene rings is 2. The molecule has 0 aliphatic rings. The van der Waals surface area contributed by atoms with Crippen LogP contribution in [0, 0.1) is 0 Å². The zero-order chi connectivity index (χ0) is 13.6. The lowest BCUT2D eigenvalue weighted by molar-refractivity contribution is 0.489. The number of fused-ring (bicyclic) bond motifs is 1. The van der Waals surface area contributed by atoms with Crippen LogP contribution in [0.15, 0.2) is 64.2 Å². The molecule has 0 fully saturated rings. The Bertz CT molecular complexity index is 633. The van der Waals surface area contributed by atoms with Crippen molar-refractivity contribution in [1.29, 1.82) is 0 Å². The monoisotopic (exact) mass is 284 g/mol. The fraction of sp³-hybridized carbons (Fsp3) is 0.188. The minimum Gasteiger partial charge on any atom is -0.431 e. The summed E-state index contributed by atoms with van der Waals surface area (Å²) >= 11 is 1.64. The molecule has 0 saturated heterocycles. The van der Waals surface area contributed by atoms with Crippen molar-refractivity contribution in [3.05, 3.63) is 60.2 Å². The summed E-state index contributed by atoms with van der Waals surface area (Å²) in [6, 6.07) is 18.3. The lowest BCUT2D eigenvalue weighted by atomic mass is 10.2. The Morgan fingerprint density at radius 1 is 1.00 bits per heavy atom. The molecular weight excluding hydrogens is 268 g/mol. The largest absolute Gasteiger partial charge is 0.431 e. The lowest BCUT2D eigenvalue weighted by Gasteiger charge is -2.03. The summed E-state index contributed by atoms with van der Waals surface area (Å²) in [5.74, 6) is 0.944. The first-order valence-corrected chi connectivity index (χ1v) is 7.63. The van der Waals surface area contributed by atoms with Crippen molar-refractivity contribution in [2.45, 2.75) is 11.8 Å². The highest BCUT2D eigenvalue weighted by atomic mass is 32.2. The summed E-state index contributed by atoms with van der Waals surface area (Å²) in [7, 11) is 0. The van der Waals surface area contributed by atoms with Gasteiger partial charge in [-0.3, -0.25) is 0 Å². The quantitative estimate of drug-likeness (QED) is 0.553. The number of nitrogens with zero attached hydrogens (tertiary/aromatic N) is 1. The number of rotatable bonds is 6. The molecule has 0 amide bonds. The van der Waals surface area contributed by atoms with Gasteiger partial charge >= 0.3 is 0 Å². The van der Waals surface area contributed by atoms with E-state index in [1.165, 1.54) is 5.56 Å². The number of thioether (sulfide) groups is 1. The third-order valence-electron chi connectivity index (χ3n) is 2.95. The second-order valence-corrected chi connectivity index (χ2v) is 5.50. The van der Waals surface area contributed by atoms with Crippen molar-refractivity contribution in [2.75, 3.05) is 12.3 Å². The van der Waals surface area contributed by atoms with Gasteiger partial charge in [-0.15, -0.1) is 0 Å². The molecule has 20 heavy (non-hydrogen) atoms. The summed E-state index contributed by atoms with van der Waals surface area (Å²) in [4.78, 5) is 4.44. The topological polar surface area (TPSA) is 38.1 Å². The van der Waals surface area contributed by atoms with Gasteiger partial charge in [-0.05, 0) is 17.7 Å². The summed E-state index contributed by atoms with van der Waals surface area (Å²) in [6.07, 6.45) is 0. The maximum Gasteiger partial charge on any atom is 0.256 e. The Hall–Kier alpha value is -1.78. The van der Waals surface area contributed by atoms with Gasteiger partial charge in [0.05, 0.1) is 0 Å². The zero-order valence-electron chi connectivity index (χ0n) is 11.1. The van der Waals surface area contributed by atoms with E-state index in [1.807, 2.05) is 30.3 Å². The molecule has 1 N–H and O–H groups in total. The zero-order valence-corrected chi connectivity index (χ0v) is 11.9. The van der Waals surface area contributed by atoms with E-state index in [4.69, 9.17) is 4.42 Å². The first kappa shape index (κ1) is 13.2. The normalized spacial score (nSPS) is 11.0. The van der Waals surface area contributed by atoms with Gasteiger partial charge in [0.25, 0.3) is 5.22 Å². The number of para-hydroxylation sites is 2. The Kier molecular flexibility index (Phi) is 4.35. The Labute approximate surface area is 122 Å². The molecule has 0 saturated carbocycles. The molecule has 0 unspecified atom stereocenters. The van der Waals surface area contributed by atoms with E-state index in [2.05, 4.69) is 34.6 Å². The van der Waals surface area contributed by atoms with E-state index in [0.29, 0.717) is 0 Å². The van der Waals surface area contributed by atoms with Crippen LogP contribution in [-0.4, -0.2) is 17.3 Å². The average Bonchev–Trinajstić information content (AvgIpc) is 2.90. The third-order valence-corrected chi connectivity index (χ3v) is 3.78. The van der Waals surface area contributed by atoms with Crippen LogP contribution in [-0.2, 0) is 6.54 Å². The predicted octanol–water partition coefficient (Wildman–Crippen LogP) is 3.71. The molecule has 0 aliphatic heterocycles. The molecule has 102 valence electrons. The van der Waals surface area contributed by atoms with Gasteiger partial charge in [-0.1, -0.05) is 54.2 Å². The maximum atomic E-state index is 5.66. The van der Waals surface area contributed by atoms with Crippen molar-refractivity contribution in [3.8, 4) is 0 Å². The Morgan fingerprint density at radius 2 is 1.80 bits per heavy atom. The molecule has 4 heteroatoms. The fourth-order valence-corrected chi connectivity index (χ4v) is 2.68. The van der Waals surface area contributed by atoms with Crippen molar-refractivity contribution in [3.63, 3.8) is 0 Å². The van der Waals surface area contributed by atoms with Gasteiger partial charge in [0, 0.05) is 18.8 Å². The molecule has 1 heterocycles. The van der Waals surface area contributed by atoms with Crippen LogP contribution in [0.5, 0.6) is 0 Å². The molecule has 0 spiro atoms. The van der Waals surface area contributed by atoms with Gasteiger partial charge in [0.2, 0.25) is 0 Å². The van der Waals surface area contributed by atoms with Gasteiger partial charge < -0.3 is 9.73 Å². The van der Waals surface area contributed by atoms with E-state index in [1.54, 1.807) is 11.8 Å². The van der Waals surface area contributed by atoms with E-state index in [0.717, 1.165) is 35.2 Å². The number of oxazole rings is 1. The summed E-state index contributed by atoms with van der Waals surface area (Å²) in [6.45, 7) is 1.83. The molecule has 0 bridgehead atoms. The van der Waals surface area contributed by atoms with Crippen LogP contribution < -0.4 is 5.32 Å². The highest BCUT2D eigenvalue weighted by molar-refractivity contribution is 7.99. The van der Waals surface area contributed by atoms with Crippen LogP contribution in [0.4, 0.5) is 0 Å². The average molecular weight is 284 g/mol. The highest BCUT2D eigenvalue weighted by Crippen LogP contribution is 2.22. The van der Waals surface area contributed by atoms with Crippen molar-refractivity contribution >= 4 is 22.9 Å². The van der Waals surface area contributed by atoms with Gasteiger partial charge in [0.15, 0.2) is 5.58 Å². The number of hydrogen-bond donors (Lipinski definition) is 1. The summed E-state index contributed by atoms with van der Waals surface area (Å²) in [5.41, 5.74) is 3.08. The third kappa shape index (κ3) is 3.40. The van der Waals surface area contributed by atoms with E-state index in [9.17, 15) is 0 Å². The van der Waals surface area contributed by atoms with Crippen molar-refractivity contribution < 1.29 is 4.42 Å². The first-order valence-electron chi connectivity index (χ1n) is 6.65. The summed E-state index contributed by atoms with van der Waals surface area (Å²) in [5, 5.41) is 4.16. The van der Waals surface area contributed by atoms with Gasteiger partial charge in [-0.25, -0.2) is 4.98 Å². The molecular formula is C16H16N2OS. The molecule has 3 nitrogen and oxygen atoms in total. The van der Waals surface area contributed by atoms with Crippen molar-refractivity contribution in [1.82, 2.24) is 10.3 Å². The molecule has 0 radical (unpaired) electrons. The van der Waals surface area contributed by atoms with Gasteiger partial charge in [-0.2, -0.15) is 0 Å².